The first-order valence-electron chi connectivity index (χ1n) is 9.66. The summed E-state index contributed by atoms with van der Waals surface area (Å²) >= 11 is 0. The van der Waals surface area contributed by atoms with Crippen molar-refractivity contribution in [2.75, 3.05) is 26.3 Å². The summed E-state index contributed by atoms with van der Waals surface area (Å²) in [6.07, 6.45) is 2.20. The molecule has 4 rings (SSSR count). The topological polar surface area (TPSA) is 84.1 Å². The number of nitrogens with zero attached hydrogens (tertiary/aromatic N) is 2. The molecule has 29 heavy (non-hydrogen) atoms. The van der Waals surface area contributed by atoms with Crippen molar-refractivity contribution in [2.24, 2.45) is 5.10 Å². The van der Waals surface area contributed by atoms with Crippen molar-refractivity contribution >= 4 is 17.5 Å². The highest BCUT2D eigenvalue weighted by Crippen LogP contribution is 2.30. The minimum atomic E-state index is -0.421. The largest absolute Gasteiger partial charge is 0.455 e. The van der Waals surface area contributed by atoms with Gasteiger partial charge in [0.2, 0.25) is 0 Å². The zero-order valence-electron chi connectivity index (χ0n) is 16.2. The molecule has 0 bridgehead atoms. The number of halogens is 1. The van der Waals surface area contributed by atoms with Gasteiger partial charge in [-0.1, -0.05) is 0 Å². The number of aryl methyl sites for hydroxylation is 1. The number of benzene rings is 1. The summed E-state index contributed by atoms with van der Waals surface area (Å²) < 4.78 is 24.3. The molecular weight excluding hydrogens is 377 g/mol. The Morgan fingerprint density at radius 3 is 2.59 bits per heavy atom. The summed E-state index contributed by atoms with van der Waals surface area (Å²) in [6, 6.07) is 5.26. The zero-order chi connectivity index (χ0) is 20.4. The third kappa shape index (κ3) is 3.93. The van der Waals surface area contributed by atoms with Gasteiger partial charge in [-0.05, 0) is 44.0 Å². The highest BCUT2D eigenvalue weighted by Gasteiger charge is 2.30. The normalized spacial score (nSPS) is 17.9. The Labute approximate surface area is 167 Å². The van der Waals surface area contributed by atoms with Crippen molar-refractivity contribution in [1.82, 2.24) is 10.3 Å². The van der Waals surface area contributed by atoms with Crippen LogP contribution in [0.25, 0.3) is 0 Å². The lowest BCUT2D eigenvalue weighted by atomic mass is 9.93. The quantitative estimate of drug-likeness (QED) is 0.805. The molecule has 1 N–H and O–H groups in total. The van der Waals surface area contributed by atoms with Crippen LogP contribution in [-0.2, 0) is 11.2 Å². The van der Waals surface area contributed by atoms with E-state index in [1.165, 1.54) is 24.3 Å². The fraction of sp³-hybridized carbons (Fsp3) is 0.381. The molecule has 0 spiro atoms. The number of carbonyl (C=O) groups is 2. The van der Waals surface area contributed by atoms with E-state index in [9.17, 15) is 14.0 Å². The van der Waals surface area contributed by atoms with Crippen molar-refractivity contribution in [3.63, 3.8) is 0 Å². The molecule has 2 amide bonds. The highest BCUT2D eigenvalue weighted by molar-refractivity contribution is 6.07. The van der Waals surface area contributed by atoms with Gasteiger partial charge < -0.3 is 14.1 Å². The van der Waals surface area contributed by atoms with Gasteiger partial charge in [0.1, 0.15) is 11.6 Å². The second-order valence-corrected chi connectivity index (χ2v) is 7.12. The zero-order valence-corrected chi connectivity index (χ0v) is 16.2. The van der Waals surface area contributed by atoms with E-state index >= 15 is 0 Å². The third-order valence-electron chi connectivity index (χ3n) is 5.22. The molecule has 2 heterocycles. The van der Waals surface area contributed by atoms with Gasteiger partial charge in [-0.3, -0.25) is 9.59 Å². The minimum absolute atomic E-state index is 0.144. The van der Waals surface area contributed by atoms with Crippen LogP contribution in [0.1, 0.15) is 50.6 Å². The van der Waals surface area contributed by atoms with Gasteiger partial charge in [0, 0.05) is 36.2 Å². The average molecular weight is 399 g/mol. The smallest absolute Gasteiger partial charge is 0.290 e. The van der Waals surface area contributed by atoms with E-state index in [4.69, 9.17) is 9.15 Å². The number of carbonyl (C=O) groups excluding carboxylic acids is 2. The summed E-state index contributed by atoms with van der Waals surface area (Å²) in [4.78, 5) is 26.9. The van der Waals surface area contributed by atoms with E-state index in [0.29, 0.717) is 49.8 Å². The van der Waals surface area contributed by atoms with Crippen LogP contribution in [0.5, 0.6) is 0 Å². The van der Waals surface area contributed by atoms with Crippen molar-refractivity contribution in [3.8, 4) is 0 Å². The van der Waals surface area contributed by atoms with Gasteiger partial charge in [0.25, 0.3) is 11.8 Å². The summed E-state index contributed by atoms with van der Waals surface area (Å²) in [7, 11) is 0. The number of fused-ring (bicyclic) bond motifs is 1. The molecule has 1 aliphatic carbocycles. The summed E-state index contributed by atoms with van der Waals surface area (Å²) in [5.41, 5.74) is 5.07. The van der Waals surface area contributed by atoms with E-state index in [1.807, 2.05) is 6.92 Å². The first-order chi connectivity index (χ1) is 14.0. The number of hydrazone groups is 1. The molecular formula is C21H22FN3O4. The van der Waals surface area contributed by atoms with Crippen molar-refractivity contribution in [1.29, 1.82) is 0 Å². The molecule has 0 saturated carbocycles. The molecule has 2 aliphatic rings. The first kappa shape index (κ1) is 19.3. The Morgan fingerprint density at radius 1 is 1.14 bits per heavy atom. The lowest BCUT2D eigenvalue weighted by Crippen LogP contribution is -2.40. The lowest BCUT2D eigenvalue weighted by molar-refractivity contribution is 0.0281. The van der Waals surface area contributed by atoms with Crippen LogP contribution in [0.15, 0.2) is 33.8 Å². The van der Waals surface area contributed by atoms with Crippen LogP contribution in [0.4, 0.5) is 4.39 Å². The summed E-state index contributed by atoms with van der Waals surface area (Å²) in [5, 5.41) is 4.29. The first-order valence-corrected chi connectivity index (χ1v) is 9.66. The molecule has 0 unspecified atom stereocenters. The van der Waals surface area contributed by atoms with Crippen LogP contribution >= 0.6 is 0 Å². The van der Waals surface area contributed by atoms with Crippen LogP contribution in [0.2, 0.25) is 0 Å². The highest BCUT2D eigenvalue weighted by atomic mass is 19.1. The molecule has 1 aromatic heterocycles. The number of furan rings is 1. The van der Waals surface area contributed by atoms with Crippen LogP contribution < -0.4 is 5.43 Å². The molecule has 2 aromatic rings. The van der Waals surface area contributed by atoms with Crippen molar-refractivity contribution < 1.29 is 23.1 Å². The van der Waals surface area contributed by atoms with Gasteiger partial charge in [0.05, 0.1) is 18.9 Å². The molecule has 0 atom stereocenters. The van der Waals surface area contributed by atoms with Gasteiger partial charge in [0.15, 0.2) is 5.76 Å². The maximum Gasteiger partial charge on any atom is 0.290 e. The second kappa shape index (κ2) is 8.16. The Bertz CT molecular complexity index is 959. The Kier molecular flexibility index (Phi) is 5.44. The monoisotopic (exact) mass is 399 g/mol. The summed E-state index contributed by atoms with van der Waals surface area (Å²) in [5.74, 6) is 0.0815. The Hall–Kier alpha value is -3.00. The number of rotatable bonds is 3. The van der Waals surface area contributed by atoms with Gasteiger partial charge >= 0.3 is 0 Å². The molecule has 7 nitrogen and oxygen atoms in total. The van der Waals surface area contributed by atoms with E-state index in [-0.39, 0.29) is 5.91 Å². The second-order valence-electron chi connectivity index (χ2n) is 7.12. The van der Waals surface area contributed by atoms with Crippen LogP contribution in [0, 0.1) is 12.7 Å². The van der Waals surface area contributed by atoms with Crippen molar-refractivity contribution in [2.45, 2.75) is 26.2 Å². The summed E-state index contributed by atoms with van der Waals surface area (Å²) in [6.45, 7) is 3.97. The molecule has 1 aliphatic heterocycles. The van der Waals surface area contributed by atoms with Gasteiger partial charge in [-0.15, -0.1) is 0 Å². The maximum atomic E-state index is 13.0. The standard InChI is InChI=1S/C21H22FN3O4/c1-13-18-16(23-24-20(26)14-5-7-15(22)8-6-14)3-2-4-17(18)29-19(13)21(27)25-9-11-28-12-10-25/h5-8H,2-4,9-12H2,1H3,(H,24,26)/b23-16+. The molecule has 1 fully saturated rings. The SMILES string of the molecule is Cc1c(C(=O)N2CCOCC2)oc2c1/C(=N/NC(=O)c1ccc(F)cc1)CCC2. The number of hydrogen-bond acceptors (Lipinski definition) is 5. The third-order valence-corrected chi connectivity index (χ3v) is 5.22. The molecule has 152 valence electrons. The number of nitrogens with one attached hydrogen (secondary N) is 1. The van der Waals surface area contributed by atoms with E-state index < -0.39 is 11.7 Å². The molecule has 8 heteroatoms. The van der Waals surface area contributed by atoms with Crippen molar-refractivity contribution in [3.05, 3.63) is 58.3 Å². The number of morpholine rings is 1. The minimum Gasteiger partial charge on any atom is -0.455 e. The number of ether oxygens (including phenoxy) is 1. The van der Waals surface area contributed by atoms with Gasteiger partial charge in [-0.2, -0.15) is 5.10 Å². The van der Waals surface area contributed by atoms with E-state index in [2.05, 4.69) is 10.5 Å². The predicted octanol–water partition coefficient (Wildman–Crippen LogP) is 2.67. The Balaban J connectivity index is 1.56. The number of amides is 2. The van der Waals surface area contributed by atoms with E-state index in [1.54, 1.807) is 4.90 Å². The molecule has 1 saturated heterocycles. The van der Waals surface area contributed by atoms with Gasteiger partial charge in [-0.25, -0.2) is 9.82 Å². The van der Waals surface area contributed by atoms with E-state index in [0.717, 1.165) is 29.7 Å². The van der Waals surface area contributed by atoms with Crippen LogP contribution in [-0.4, -0.2) is 48.7 Å². The maximum absolute atomic E-state index is 13.0. The lowest BCUT2D eigenvalue weighted by Gasteiger charge is -2.26. The molecule has 1 aromatic carbocycles. The number of hydrogen-bond donors (Lipinski definition) is 1. The predicted molar refractivity (Wildman–Crippen MR) is 104 cm³/mol. The average Bonchev–Trinajstić information content (AvgIpc) is 3.10. The Morgan fingerprint density at radius 2 is 1.86 bits per heavy atom. The fourth-order valence-electron chi connectivity index (χ4n) is 3.68. The van der Waals surface area contributed by atoms with Crippen LogP contribution in [0.3, 0.4) is 0 Å². The molecule has 0 radical (unpaired) electrons. The fourth-order valence-corrected chi connectivity index (χ4v) is 3.68.